The zero-order valence-electron chi connectivity index (χ0n) is 10.2. The summed E-state index contributed by atoms with van der Waals surface area (Å²) in [7, 11) is 2.09. The number of pyridine rings is 1. The highest BCUT2D eigenvalue weighted by Crippen LogP contribution is 2.08. The van der Waals surface area contributed by atoms with Crippen LogP contribution in [-0.2, 0) is 11.2 Å². The molecule has 1 N–H and O–H groups in total. The first-order chi connectivity index (χ1) is 8.24. The fourth-order valence-corrected chi connectivity index (χ4v) is 2.23. The molecule has 4 nitrogen and oxygen atoms in total. The molecular formula is C13H19N3O. The summed E-state index contributed by atoms with van der Waals surface area (Å²) in [5.74, 6) is 0.0731. The van der Waals surface area contributed by atoms with Crippen LogP contribution < -0.4 is 5.32 Å². The molecule has 1 aliphatic rings. The second-order valence-corrected chi connectivity index (χ2v) is 4.67. The lowest BCUT2D eigenvalue weighted by Crippen LogP contribution is -2.46. The smallest absolute Gasteiger partial charge is 0.226 e. The van der Waals surface area contributed by atoms with Crippen molar-refractivity contribution in [2.45, 2.75) is 25.3 Å². The summed E-state index contributed by atoms with van der Waals surface area (Å²) in [5, 5.41) is 3.08. The van der Waals surface area contributed by atoms with Crippen molar-refractivity contribution in [3.05, 3.63) is 30.1 Å². The van der Waals surface area contributed by atoms with E-state index >= 15 is 0 Å². The number of nitrogens with one attached hydrogen (secondary N) is 1. The summed E-state index contributed by atoms with van der Waals surface area (Å²) in [4.78, 5) is 18.2. The second kappa shape index (κ2) is 5.77. The van der Waals surface area contributed by atoms with Gasteiger partial charge in [0, 0.05) is 24.5 Å². The van der Waals surface area contributed by atoms with Crippen molar-refractivity contribution in [2.24, 2.45) is 0 Å². The maximum atomic E-state index is 11.8. The molecule has 0 aliphatic carbocycles. The number of likely N-dealkylation sites (N-methyl/N-ethyl adjacent to an activating group) is 1. The molecule has 1 fully saturated rings. The van der Waals surface area contributed by atoms with Crippen LogP contribution in [0.15, 0.2) is 24.4 Å². The van der Waals surface area contributed by atoms with Crippen molar-refractivity contribution in [1.29, 1.82) is 0 Å². The van der Waals surface area contributed by atoms with Crippen LogP contribution in [0.2, 0.25) is 0 Å². The zero-order valence-corrected chi connectivity index (χ0v) is 10.2. The molecule has 2 rings (SSSR count). The molecule has 1 unspecified atom stereocenters. The van der Waals surface area contributed by atoms with E-state index in [1.54, 1.807) is 6.20 Å². The van der Waals surface area contributed by atoms with Gasteiger partial charge in [-0.05, 0) is 38.6 Å². The fourth-order valence-electron chi connectivity index (χ4n) is 2.23. The third-order valence-corrected chi connectivity index (χ3v) is 3.06. The lowest BCUT2D eigenvalue weighted by Gasteiger charge is -2.30. The lowest BCUT2D eigenvalue weighted by molar-refractivity contribution is -0.121. The summed E-state index contributed by atoms with van der Waals surface area (Å²) in [6.45, 7) is 2.08. The number of carbonyl (C=O) groups excluding carboxylic acids is 1. The van der Waals surface area contributed by atoms with Gasteiger partial charge in [-0.25, -0.2) is 0 Å². The second-order valence-electron chi connectivity index (χ2n) is 4.67. The van der Waals surface area contributed by atoms with Gasteiger partial charge in [-0.1, -0.05) is 6.07 Å². The Kier molecular flexibility index (Phi) is 4.09. The van der Waals surface area contributed by atoms with Crippen molar-refractivity contribution in [3.8, 4) is 0 Å². The number of piperidine rings is 1. The molecule has 1 aromatic rings. The molecule has 17 heavy (non-hydrogen) atoms. The summed E-state index contributed by atoms with van der Waals surface area (Å²) in [6, 6.07) is 5.94. The van der Waals surface area contributed by atoms with E-state index < -0.39 is 0 Å². The Hall–Kier alpha value is -1.42. The Labute approximate surface area is 102 Å². The van der Waals surface area contributed by atoms with E-state index in [1.807, 2.05) is 18.2 Å². The quantitative estimate of drug-likeness (QED) is 0.841. The predicted octanol–water partition coefficient (Wildman–Crippen LogP) is 0.834. The Morgan fingerprint density at radius 1 is 1.59 bits per heavy atom. The highest BCUT2D eigenvalue weighted by atomic mass is 16.1. The first-order valence-electron chi connectivity index (χ1n) is 6.12. The molecule has 1 aliphatic heterocycles. The van der Waals surface area contributed by atoms with Gasteiger partial charge in [-0.3, -0.25) is 9.78 Å². The van der Waals surface area contributed by atoms with E-state index in [9.17, 15) is 4.79 Å². The minimum atomic E-state index is 0.0731. The van der Waals surface area contributed by atoms with E-state index in [4.69, 9.17) is 0 Å². The molecule has 1 saturated heterocycles. The summed E-state index contributed by atoms with van der Waals surface area (Å²) in [6.07, 6.45) is 4.33. The molecule has 4 heteroatoms. The van der Waals surface area contributed by atoms with Gasteiger partial charge in [0.1, 0.15) is 0 Å². The van der Waals surface area contributed by atoms with Crippen LogP contribution in [0.5, 0.6) is 0 Å². The Morgan fingerprint density at radius 3 is 3.18 bits per heavy atom. The van der Waals surface area contributed by atoms with Crippen LogP contribution in [0.3, 0.4) is 0 Å². The number of aromatic nitrogens is 1. The van der Waals surface area contributed by atoms with Gasteiger partial charge in [-0.15, -0.1) is 0 Å². The van der Waals surface area contributed by atoms with Gasteiger partial charge in [0.2, 0.25) is 5.91 Å². The SMILES string of the molecule is CN1CCCC(NC(=O)Cc2ccccn2)C1. The molecule has 2 heterocycles. The highest BCUT2D eigenvalue weighted by Gasteiger charge is 2.18. The lowest BCUT2D eigenvalue weighted by atomic mass is 10.1. The number of nitrogens with zero attached hydrogens (tertiary/aromatic N) is 2. The molecule has 1 aromatic heterocycles. The molecule has 0 aromatic carbocycles. The molecule has 1 atom stereocenters. The fraction of sp³-hybridized carbons (Fsp3) is 0.538. The molecule has 92 valence electrons. The van der Waals surface area contributed by atoms with Crippen molar-refractivity contribution in [2.75, 3.05) is 20.1 Å². The molecular weight excluding hydrogens is 214 g/mol. The van der Waals surface area contributed by atoms with E-state index in [-0.39, 0.29) is 5.91 Å². The van der Waals surface area contributed by atoms with Gasteiger partial charge in [0.15, 0.2) is 0 Å². The standard InChI is InChI=1S/C13H19N3O/c1-16-8-4-6-12(10-16)15-13(17)9-11-5-2-3-7-14-11/h2-3,5,7,12H,4,6,8-10H2,1H3,(H,15,17). The summed E-state index contributed by atoms with van der Waals surface area (Å²) in [5.41, 5.74) is 0.828. The molecule has 1 amide bonds. The van der Waals surface area contributed by atoms with E-state index in [1.165, 1.54) is 0 Å². The summed E-state index contributed by atoms with van der Waals surface area (Å²) >= 11 is 0. The maximum absolute atomic E-state index is 11.8. The van der Waals surface area contributed by atoms with Crippen LogP contribution in [0.25, 0.3) is 0 Å². The minimum Gasteiger partial charge on any atom is -0.352 e. The van der Waals surface area contributed by atoms with Gasteiger partial charge in [-0.2, -0.15) is 0 Å². The van der Waals surface area contributed by atoms with Crippen molar-refractivity contribution < 1.29 is 4.79 Å². The average Bonchev–Trinajstić information content (AvgIpc) is 2.30. The number of carbonyl (C=O) groups is 1. The van der Waals surface area contributed by atoms with Crippen molar-refractivity contribution >= 4 is 5.91 Å². The first-order valence-corrected chi connectivity index (χ1v) is 6.12. The monoisotopic (exact) mass is 233 g/mol. The molecule has 0 bridgehead atoms. The van der Waals surface area contributed by atoms with Crippen LogP contribution in [-0.4, -0.2) is 42.0 Å². The average molecular weight is 233 g/mol. The van der Waals surface area contributed by atoms with E-state index in [2.05, 4.69) is 22.2 Å². The van der Waals surface area contributed by atoms with Crippen LogP contribution in [0.4, 0.5) is 0 Å². The van der Waals surface area contributed by atoms with Crippen LogP contribution in [0, 0.1) is 0 Å². The topological polar surface area (TPSA) is 45.2 Å². The first kappa shape index (κ1) is 12.0. The number of hydrogen-bond donors (Lipinski definition) is 1. The van der Waals surface area contributed by atoms with Crippen molar-refractivity contribution in [1.82, 2.24) is 15.2 Å². The Morgan fingerprint density at radius 2 is 2.47 bits per heavy atom. The zero-order chi connectivity index (χ0) is 12.1. The molecule has 0 saturated carbocycles. The Balaban J connectivity index is 1.81. The molecule has 0 spiro atoms. The van der Waals surface area contributed by atoms with Crippen molar-refractivity contribution in [3.63, 3.8) is 0 Å². The largest absolute Gasteiger partial charge is 0.352 e. The highest BCUT2D eigenvalue weighted by molar-refractivity contribution is 5.78. The third kappa shape index (κ3) is 3.82. The van der Waals surface area contributed by atoms with Gasteiger partial charge < -0.3 is 10.2 Å². The van der Waals surface area contributed by atoms with Crippen LogP contribution in [0.1, 0.15) is 18.5 Å². The van der Waals surface area contributed by atoms with Gasteiger partial charge in [0.05, 0.1) is 6.42 Å². The van der Waals surface area contributed by atoms with Gasteiger partial charge in [0.25, 0.3) is 0 Å². The maximum Gasteiger partial charge on any atom is 0.226 e. The normalized spacial score (nSPS) is 21.1. The Bertz CT molecular complexity index is 366. The number of rotatable bonds is 3. The minimum absolute atomic E-state index is 0.0731. The third-order valence-electron chi connectivity index (χ3n) is 3.06. The van der Waals surface area contributed by atoms with Crippen LogP contribution >= 0.6 is 0 Å². The van der Waals surface area contributed by atoms with E-state index in [0.29, 0.717) is 12.5 Å². The number of amides is 1. The predicted molar refractivity (Wildman–Crippen MR) is 66.6 cm³/mol. The summed E-state index contributed by atoms with van der Waals surface area (Å²) < 4.78 is 0. The van der Waals surface area contributed by atoms with E-state index in [0.717, 1.165) is 31.6 Å². The molecule has 0 radical (unpaired) electrons. The van der Waals surface area contributed by atoms with Gasteiger partial charge >= 0.3 is 0 Å². The number of likely N-dealkylation sites (tertiary alicyclic amines) is 1. The number of hydrogen-bond acceptors (Lipinski definition) is 3.